The van der Waals surface area contributed by atoms with E-state index in [2.05, 4.69) is 79.4 Å². The molecule has 0 saturated carbocycles. The Kier molecular flexibility index (Phi) is 5.17. The van der Waals surface area contributed by atoms with E-state index < -0.39 is 0 Å². The maximum Gasteiger partial charge on any atom is 0.0388 e. The third kappa shape index (κ3) is 3.68. The van der Waals surface area contributed by atoms with Crippen LogP contribution in [-0.4, -0.2) is 18.0 Å². The molecular formula is C18H23N. The SMILES string of the molecule is CCN(CC)[C@@H](Cc1ccccc1)c1ccccc1. The second-order valence-electron chi connectivity index (χ2n) is 4.84. The fraction of sp³-hybridized carbons (Fsp3) is 0.333. The Bertz CT molecular complexity index is 460. The first-order valence-corrected chi connectivity index (χ1v) is 7.18. The fourth-order valence-corrected chi connectivity index (χ4v) is 2.63. The first-order valence-electron chi connectivity index (χ1n) is 7.18. The quantitative estimate of drug-likeness (QED) is 0.741. The van der Waals surface area contributed by atoms with E-state index in [9.17, 15) is 0 Å². The van der Waals surface area contributed by atoms with Gasteiger partial charge in [0.15, 0.2) is 0 Å². The Morgan fingerprint density at radius 3 is 1.84 bits per heavy atom. The zero-order valence-corrected chi connectivity index (χ0v) is 11.9. The number of hydrogen-bond donors (Lipinski definition) is 0. The van der Waals surface area contributed by atoms with Crippen LogP contribution in [0.1, 0.15) is 31.0 Å². The van der Waals surface area contributed by atoms with Gasteiger partial charge in [-0.3, -0.25) is 4.90 Å². The molecule has 0 aliphatic heterocycles. The van der Waals surface area contributed by atoms with Crippen LogP contribution in [-0.2, 0) is 6.42 Å². The summed E-state index contributed by atoms with van der Waals surface area (Å²) in [5.74, 6) is 0. The average Bonchev–Trinajstić information content (AvgIpc) is 2.49. The molecule has 19 heavy (non-hydrogen) atoms. The summed E-state index contributed by atoms with van der Waals surface area (Å²) in [5, 5.41) is 0. The molecule has 2 aromatic rings. The topological polar surface area (TPSA) is 3.24 Å². The van der Waals surface area contributed by atoms with E-state index in [1.165, 1.54) is 11.1 Å². The van der Waals surface area contributed by atoms with Crippen molar-refractivity contribution >= 4 is 0 Å². The van der Waals surface area contributed by atoms with Gasteiger partial charge < -0.3 is 0 Å². The standard InChI is InChI=1S/C18H23N/c1-3-19(4-2)18(17-13-9-6-10-14-17)15-16-11-7-5-8-12-16/h5-14,18H,3-4,15H2,1-2H3/t18-/m0/s1. The maximum absolute atomic E-state index is 2.53. The van der Waals surface area contributed by atoms with Crippen molar-refractivity contribution in [2.75, 3.05) is 13.1 Å². The Morgan fingerprint density at radius 2 is 1.32 bits per heavy atom. The number of likely N-dealkylation sites (N-methyl/N-ethyl adjacent to an activating group) is 1. The summed E-state index contributed by atoms with van der Waals surface area (Å²) in [4.78, 5) is 2.53. The molecule has 100 valence electrons. The third-order valence-corrected chi connectivity index (χ3v) is 3.71. The molecule has 0 fully saturated rings. The fourth-order valence-electron chi connectivity index (χ4n) is 2.63. The van der Waals surface area contributed by atoms with Crippen LogP contribution in [0.25, 0.3) is 0 Å². The molecule has 1 heteroatoms. The van der Waals surface area contributed by atoms with Crippen molar-refractivity contribution in [1.29, 1.82) is 0 Å². The summed E-state index contributed by atoms with van der Waals surface area (Å²) in [6.45, 7) is 6.65. The van der Waals surface area contributed by atoms with Crippen LogP contribution in [0.15, 0.2) is 60.7 Å². The highest BCUT2D eigenvalue weighted by Crippen LogP contribution is 2.24. The van der Waals surface area contributed by atoms with Crippen LogP contribution in [0.3, 0.4) is 0 Å². The van der Waals surface area contributed by atoms with E-state index in [4.69, 9.17) is 0 Å². The molecule has 0 aromatic heterocycles. The van der Waals surface area contributed by atoms with E-state index in [-0.39, 0.29) is 0 Å². The second kappa shape index (κ2) is 7.10. The lowest BCUT2D eigenvalue weighted by Gasteiger charge is -2.30. The van der Waals surface area contributed by atoms with Gasteiger partial charge in [0, 0.05) is 6.04 Å². The first kappa shape index (κ1) is 13.8. The predicted molar refractivity (Wildman–Crippen MR) is 82.3 cm³/mol. The average molecular weight is 253 g/mol. The second-order valence-corrected chi connectivity index (χ2v) is 4.84. The molecule has 0 aliphatic carbocycles. The lowest BCUT2D eigenvalue weighted by atomic mass is 9.97. The largest absolute Gasteiger partial charge is 0.297 e. The van der Waals surface area contributed by atoms with Crippen molar-refractivity contribution < 1.29 is 0 Å². The zero-order chi connectivity index (χ0) is 13.5. The van der Waals surface area contributed by atoms with Crippen LogP contribution in [0.4, 0.5) is 0 Å². The lowest BCUT2D eigenvalue weighted by molar-refractivity contribution is 0.217. The van der Waals surface area contributed by atoms with Gasteiger partial charge in [-0.2, -0.15) is 0 Å². The normalized spacial score (nSPS) is 12.6. The molecule has 0 amide bonds. The van der Waals surface area contributed by atoms with Crippen molar-refractivity contribution in [2.24, 2.45) is 0 Å². The van der Waals surface area contributed by atoms with Crippen LogP contribution in [0, 0.1) is 0 Å². The van der Waals surface area contributed by atoms with E-state index in [1.807, 2.05) is 0 Å². The molecule has 1 atom stereocenters. The Morgan fingerprint density at radius 1 is 0.789 bits per heavy atom. The molecule has 0 N–H and O–H groups in total. The van der Waals surface area contributed by atoms with E-state index >= 15 is 0 Å². The molecular weight excluding hydrogens is 230 g/mol. The van der Waals surface area contributed by atoms with Gasteiger partial charge in [0.25, 0.3) is 0 Å². The van der Waals surface area contributed by atoms with Crippen LogP contribution in [0.2, 0.25) is 0 Å². The molecule has 1 nitrogen and oxygen atoms in total. The van der Waals surface area contributed by atoms with Crippen molar-refractivity contribution in [1.82, 2.24) is 4.90 Å². The molecule has 0 unspecified atom stereocenters. The van der Waals surface area contributed by atoms with Gasteiger partial charge in [0.05, 0.1) is 0 Å². The van der Waals surface area contributed by atoms with Gasteiger partial charge in [-0.25, -0.2) is 0 Å². The minimum absolute atomic E-state index is 0.471. The number of nitrogens with zero attached hydrogens (tertiary/aromatic N) is 1. The molecule has 0 saturated heterocycles. The summed E-state index contributed by atoms with van der Waals surface area (Å²) in [6, 6.07) is 22.1. The third-order valence-electron chi connectivity index (χ3n) is 3.71. The van der Waals surface area contributed by atoms with Gasteiger partial charge in [-0.1, -0.05) is 74.5 Å². The first-order chi connectivity index (χ1) is 9.35. The molecule has 0 bridgehead atoms. The van der Waals surface area contributed by atoms with Gasteiger partial charge >= 0.3 is 0 Å². The van der Waals surface area contributed by atoms with E-state index in [1.54, 1.807) is 0 Å². The number of benzene rings is 2. The van der Waals surface area contributed by atoms with Crippen molar-refractivity contribution in [3.63, 3.8) is 0 Å². The summed E-state index contributed by atoms with van der Waals surface area (Å²) in [5.41, 5.74) is 2.82. The predicted octanol–water partition coefficient (Wildman–Crippen LogP) is 4.31. The Balaban J connectivity index is 2.24. The smallest absolute Gasteiger partial charge is 0.0388 e. The molecule has 2 rings (SSSR count). The van der Waals surface area contributed by atoms with Gasteiger partial charge in [-0.15, -0.1) is 0 Å². The zero-order valence-electron chi connectivity index (χ0n) is 11.9. The molecule has 0 heterocycles. The lowest BCUT2D eigenvalue weighted by Crippen LogP contribution is -2.29. The summed E-state index contributed by atoms with van der Waals surface area (Å²) >= 11 is 0. The van der Waals surface area contributed by atoms with E-state index in [0.29, 0.717) is 6.04 Å². The van der Waals surface area contributed by atoms with E-state index in [0.717, 1.165) is 19.5 Å². The number of rotatable bonds is 6. The highest BCUT2D eigenvalue weighted by molar-refractivity contribution is 5.23. The summed E-state index contributed by atoms with van der Waals surface area (Å²) in [6.07, 6.45) is 1.08. The highest BCUT2D eigenvalue weighted by Gasteiger charge is 2.17. The monoisotopic (exact) mass is 253 g/mol. The van der Waals surface area contributed by atoms with Gasteiger partial charge in [0.2, 0.25) is 0 Å². The van der Waals surface area contributed by atoms with Crippen LogP contribution < -0.4 is 0 Å². The Hall–Kier alpha value is -1.60. The van der Waals surface area contributed by atoms with Crippen LogP contribution in [0.5, 0.6) is 0 Å². The minimum Gasteiger partial charge on any atom is -0.297 e. The Labute approximate surface area is 116 Å². The molecule has 2 aromatic carbocycles. The molecule has 0 radical (unpaired) electrons. The molecule has 0 aliphatic rings. The van der Waals surface area contributed by atoms with Crippen LogP contribution >= 0.6 is 0 Å². The van der Waals surface area contributed by atoms with Crippen molar-refractivity contribution in [2.45, 2.75) is 26.3 Å². The minimum atomic E-state index is 0.471. The summed E-state index contributed by atoms with van der Waals surface area (Å²) < 4.78 is 0. The van der Waals surface area contributed by atoms with Gasteiger partial charge in [0.1, 0.15) is 0 Å². The number of hydrogen-bond acceptors (Lipinski definition) is 1. The molecule has 0 spiro atoms. The van der Waals surface area contributed by atoms with Crippen molar-refractivity contribution in [3.8, 4) is 0 Å². The highest BCUT2D eigenvalue weighted by atomic mass is 15.1. The maximum atomic E-state index is 2.53. The van der Waals surface area contributed by atoms with Crippen molar-refractivity contribution in [3.05, 3.63) is 71.8 Å². The van der Waals surface area contributed by atoms with Gasteiger partial charge in [-0.05, 0) is 30.6 Å². The summed E-state index contributed by atoms with van der Waals surface area (Å²) in [7, 11) is 0.